The van der Waals surface area contributed by atoms with E-state index in [2.05, 4.69) is 15.6 Å². The van der Waals surface area contributed by atoms with Crippen molar-refractivity contribution in [2.75, 3.05) is 13.7 Å². The quantitative estimate of drug-likeness (QED) is 0.748. The van der Waals surface area contributed by atoms with Crippen LogP contribution in [0.2, 0.25) is 0 Å². The van der Waals surface area contributed by atoms with E-state index in [4.69, 9.17) is 0 Å². The van der Waals surface area contributed by atoms with Gasteiger partial charge in [0.1, 0.15) is 0 Å². The summed E-state index contributed by atoms with van der Waals surface area (Å²) < 4.78 is 0. The maximum atomic E-state index is 12.1. The Morgan fingerprint density at radius 3 is 2.10 bits per heavy atom. The minimum absolute atomic E-state index is 0.000953. The van der Waals surface area contributed by atoms with Gasteiger partial charge in [0.15, 0.2) is 0 Å². The maximum Gasteiger partial charge on any atom is 0.262 e. The van der Waals surface area contributed by atoms with Crippen molar-refractivity contribution < 1.29 is 14.4 Å². The lowest BCUT2D eigenvalue weighted by Gasteiger charge is -2.56. The summed E-state index contributed by atoms with van der Waals surface area (Å²) in [6.45, 7) is -0.000953. The topological polar surface area (TPSA) is 67.4 Å². The van der Waals surface area contributed by atoms with Gasteiger partial charge in [0.05, 0.1) is 13.7 Å². The number of nitrogens with one attached hydrogen (secondary N) is 2. The second kappa shape index (κ2) is 5.35. The predicted molar refractivity (Wildman–Crippen MR) is 73.4 cm³/mol. The van der Waals surface area contributed by atoms with Crippen LogP contribution in [0.3, 0.4) is 0 Å². The summed E-state index contributed by atoms with van der Waals surface area (Å²) in [6, 6.07) is 0. The molecule has 4 rings (SSSR count). The van der Waals surface area contributed by atoms with Crippen molar-refractivity contribution in [1.82, 2.24) is 10.8 Å². The van der Waals surface area contributed by atoms with Crippen LogP contribution in [-0.4, -0.2) is 25.5 Å². The molecular formula is C15H24N2O3. The molecular weight excluding hydrogens is 256 g/mol. The molecule has 2 N–H and O–H groups in total. The molecule has 5 heteroatoms. The van der Waals surface area contributed by atoms with Crippen molar-refractivity contribution in [3.8, 4) is 0 Å². The Labute approximate surface area is 119 Å². The second-order valence-electron chi connectivity index (χ2n) is 7.10. The van der Waals surface area contributed by atoms with Gasteiger partial charge in [-0.3, -0.25) is 14.4 Å². The van der Waals surface area contributed by atoms with Crippen molar-refractivity contribution in [3.63, 3.8) is 0 Å². The third kappa shape index (κ3) is 2.82. The summed E-state index contributed by atoms with van der Waals surface area (Å²) >= 11 is 0. The van der Waals surface area contributed by atoms with Crippen molar-refractivity contribution in [1.29, 1.82) is 0 Å². The van der Waals surface area contributed by atoms with Gasteiger partial charge < -0.3 is 5.32 Å². The van der Waals surface area contributed by atoms with Gasteiger partial charge in [-0.15, -0.1) is 0 Å². The van der Waals surface area contributed by atoms with Gasteiger partial charge in [0.25, 0.3) is 5.91 Å². The Hall–Kier alpha value is -1.10. The zero-order valence-electron chi connectivity index (χ0n) is 12.1. The molecule has 4 fully saturated rings. The molecule has 0 saturated heterocycles. The molecule has 4 saturated carbocycles. The van der Waals surface area contributed by atoms with E-state index in [1.54, 1.807) is 0 Å². The first-order valence-corrected chi connectivity index (χ1v) is 7.67. The van der Waals surface area contributed by atoms with Gasteiger partial charge in [-0.2, -0.15) is 0 Å². The summed E-state index contributed by atoms with van der Waals surface area (Å²) in [5.74, 6) is 2.26. The van der Waals surface area contributed by atoms with Crippen LogP contribution in [0.1, 0.15) is 44.9 Å². The Kier molecular flexibility index (Phi) is 3.71. The van der Waals surface area contributed by atoms with Gasteiger partial charge in [-0.1, -0.05) is 0 Å². The highest BCUT2D eigenvalue weighted by Crippen LogP contribution is 2.61. The number of rotatable bonds is 5. The molecule has 5 nitrogen and oxygen atoms in total. The molecule has 112 valence electrons. The van der Waals surface area contributed by atoms with E-state index in [0.29, 0.717) is 6.42 Å². The van der Waals surface area contributed by atoms with Crippen LogP contribution in [0, 0.1) is 23.2 Å². The fourth-order valence-corrected chi connectivity index (χ4v) is 5.24. The molecule has 4 aliphatic carbocycles. The van der Waals surface area contributed by atoms with E-state index in [-0.39, 0.29) is 23.8 Å². The number of carbonyl (C=O) groups is 2. The standard InChI is InChI=1S/C15H24N2O3/c1-20-17-14(19)9-16-13(18)8-15-5-10-2-11(6-15)4-12(3-10)7-15/h10-12H,2-9H2,1H3,(H,16,18)(H,17,19). The molecule has 0 heterocycles. The lowest BCUT2D eigenvalue weighted by atomic mass is 9.49. The summed E-state index contributed by atoms with van der Waals surface area (Å²) in [6.07, 6.45) is 8.41. The molecule has 0 aliphatic heterocycles. The zero-order chi connectivity index (χ0) is 14.2. The van der Waals surface area contributed by atoms with Crippen molar-refractivity contribution in [3.05, 3.63) is 0 Å². The highest BCUT2D eigenvalue weighted by molar-refractivity contribution is 5.84. The minimum atomic E-state index is -0.314. The molecule has 4 aliphatic rings. The maximum absolute atomic E-state index is 12.1. The highest BCUT2D eigenvalue weighted by Gasteiger charge is 2.51. The van der Waals surface area contributed by atoms with Crippen LogP contribution in [0.15, 0.2) is 0 Å². The first-order valence-electron chi connectivity index (χ1n) is 7.67. The Morgan fingerprint density at radius 1 is 1.05 bits per heavy atom. The molecule has 20 heavy (non-hydrogen) atoms. The average Bonchev–Trinajstić information content (AvgIpc) is 2.34. The van der Waals surface area contributed by atoms with Gasteiger partial charge in [-0.05, 0) is 61.7 Å². The molecule has 0 atom stereocenters. The van der Waals surface area contributed by atoms with Crippen molar-refractivity contribution in [2.45, 2.75) is 44.9 Å². The van der Waals surface area contributed by atoms with E-state index >= 15 is 0 Å². The van der Waals surface area contributed by atoms with Crippen LogP contribution in [0.25, 0.3) is 0 Å². The van der Waals surface area contributed by atoms with Gasteiger partial charge in [-0.25, -0.2) is 5.48 Å². The number of hydroxylamine groups is 1. The molecule has 0 radical (unpaired) electrons. The summed E-state index contributed by atoms with van der Waals surface area (Å²) in [5.41, 5.74) is 2.44. The second-order valence-corrected chi connectivity index (χ2v) is 7.10. The number of carbonyl (C=O) groups excluding carboxylic acids is 2. The Morgan fingerprint density at radius 2 is 1.60 bits per heavy atom. The Balaban J connectivity index is 1.52. The van der Waals surface area contributed by atoms with E-state index < -0.39 is 0 Å². The third-order valence-electron chi connectivity index (χ3n) is 5.36. The highest BCUT2D eigenvalue weighted by atomic mass is 16.6. The molecule has 0 aromatic rings. The smallest absolute Gasteiger partial charge is 0.262 e. The third-order valence-corrected chi connectivity index (χ3v) is 5.36. The molecule has 4 bridgehead atoms. The summed E-state index contributed by atoms with van der Waals surface area (Å²) in [5, 5.41) is 2.71. The van der Waals surface area contributed by atoms with E-state index in [1.807, 2.05) is 0 Å². The molecule has 2 amide bonds. The molecule has 0 spiro atoms. The minimum Gasteiger partial charge on any atom is -0.347 e. The van der Waals surface area contributed by atoms with Gasteiger partial charge in [0.2, 0.25) is 5.91 Å². The van der Waals surface area contributed by atoms with Crippen LogP contribution in [-0.2, 0) is 14.4 Å². The SMILES string of the molecule is CONC(=O)CNC(=O)CC12CC3CC(CC(C3)C1)C2. The largest absolute Gasteiger partial charge is 0.347 e. The van der Waals surface area contributed by atoms with E-state index in [9.17, 15) is 9.59 Å². The fraction of sp³-hybridized carbons (Fsp3) is 0.867. The fourth-order valence-electron chi connectivity index (χ4n) is 5.24. The normalized spacial score (nSPS) is 37.8. The van der Waals surface area contributed by atoms with Crippen molar-refractivity contribution >= 4 is 11.8 Å². The van der Waals surface area contributed by atoms with Crippen LogP contribution < -0.4 is 10.8 Å². The monoisotopic (exact) mass is 280 g/mol. The van der Waals surface area contributed by atoms with Crippen LogP contribution in [0.4, 0.5) is 0 Å². The molecule has 0 aromatic carbocycles. The van der Waals surface area contributed by atoms with Gasteiger partial charge in [0, 0.05) is 6.42 Å². The lowest BCUT2D eigenvalue weighted by molar-refractivity contribution is -0.135. The number of amides is 2. The Bertz CT molecular complexity index is 373. The van der Waals surface area contributed by atoms with E-state index in [1.165, 1.54) is 45.6 Å². The average molecular weight is 280 g/mol. The van der Waals surface area contributed by atoms with Crippen LogP contribution in [0.5, 0.6) is 0 Å². The predicted octanol–water partition coefficient (Wildman–Crippen LogP) is 1.39. The number of hydrogen-bond acceptors (Lipinski definition) is 3. The van der Waals surface area contributed by atoms with Crippen LogP contribution >= 0.6 is 0 Å². The summed E-state index contributed by atoms with van der Waals surface area (Å²) in [4.78, 5) is 27.9. The molecule has 0 aromatic heterocycles. The van der Waals surface area contributed by atoms with Crippen molar-refractivity contribution in [2.24, 2.45) is 23.2 Å². The first-order chi connectivity index (χ1) is 9.58. The lowest BCUT2D eigenvalue weighted by Crippen LogP contribution is -2.48. The van der Waals surface area contributed by atoms with Gasteiger partial charge >= 0.3 is 0 Å². The zero-order valence-corrected chi connectivity index (χ0v) is 12.1. The van der Waals surface area contributed by atoms with E-state index in [0.717, 1.165) is 17.8 Å². The molecule has 0 unspecified atom stereocenters. The first kappa shape index (κ1) is 13.9. The number of hydrogen-bond donors (Lipinski definition) is 2. The summed E-state index contributed by atoms with van der Waals surface area (Å²) in [7, 11) is 1.38.